The van der Waals surface area contributed by atoms with Crippen LogP contribution >= 0.6 is 0 Å². The third-order valence-electron chi connectivity index (χ3n) is 4.38. The maximum absolute atomic E-state index is 6.20. The number of nitrogens with two attached hydrogens (primary N) is 1. The van der Waals surface area contributed by atoms with Crippen LogP contribution in [0.15, 0.2) is 24.3 Å². The summed E-state index contributed by atoms with van der Waals surface area (Å²) in [5.41, 5.74) is 9.12. The smallest absolute Gasteiger partial charge is 0.0663 e. The van der Waals surface area contributed by atoms with Gasteiger partial charge in [-0.1, -0.05) is 24.3 Å². The lowest BCUT2D eigenvalue weighted by Crippen LogP contribution is -2.34. The van der Waals surface area contributed by atoms with Gasteiger partial charge in [0.05, 0.1) is 5.60 Å². The molecule has 1 aromatic carbocycles. The Hall–Kier alpha value is -0.860. The lowest BCUT2D eigenvalue weighted by Gasteiger charge is -2.28. The standard InChI is InChI=1S/C16H25NO/c1-12(17)16(9-10-16)14-8-6-5-7-13(14)11-15(2,3)18-4/h5-8,12H,9-11,17H2,1-4H3. The topological polar surface area (TPSA) is 35.2 Å². The molecule has 0 heterocycles. The summed E-state index contributed by atoms with van der Waals surface area (Å²) in [4.78, 5) is 0. The molecular weight excluding hydrogens is 222 g/mol. The fourth-order valence-corrected chi connectivity index (χ4v) is 2.80. The Morgan fingerprint density at radius 2 is 1.94 bits per heavy atom. The van der Waals surface area contributed by atoms with Gasteiger partial charge in [-0.15, -0.1) is 0 Å². The second-order valence-electron chi connectivity index (χ2n) is 6.24. The molecule has 100 valence electrons. The summed E-state index contributed by atoms with van der Waals surface area (Å²) in [6.45, 7) is 6.40. The van der Waals surface area contributed by atoms with Crippen molar-refractivity contribution in [2.45, 2.75) is 57.1 Å². The van der Waals surface area contributed by atoms with E-state index in [4.69, 9.17) is 10.5 Å². The van der Waals surface area contributed by atoms with Crippen LogP contribution in [0.25, 0.3) is 0 Å². The van der Waals surface area contributed by atoms with E-state index in [1.54, 1.807) is 7.11 Å². The van der Waals surface area contributed by atoms with Crippen LogP contribution in [0.2, 0.25) is 0 Å². The minimum absolute atomic E-state index is 0.121. The highest BCUT2D eigenvalue weighted by Crippen LogP contribution is 2.51. The van der Waals surface area contributed by atoms with Crippen LogP contribution in [-0.2, 0) is 16.6 Å². The molecule has 0 aromatic heterocycles. The molecule has 1 aliphatic rings. The van der Waals surface area contributed by atoms with Crippen molar-refractivity contribution in [3.8, 4) is 0 Å². The van der Waals surface area contributed by atoms with Gasteiger partial charge in [-0.3, -0.25) is 0 Å². The maximum Gasteiger partial charge on any atom is 0.0663 e. The molecule has 1 aromatic rings. The Morgan fingerprint density at radius 1 is 1.33 bits per heavy atom. The van der Waals surface area contributed by atoms with E-state index in [2.05, 4.69) is 45.0 Å². The highest BCUT2D eigenvalue weighted by molar-refractivity contribution is 5.41. The summed E-state index contributed by atoms with van der Waals surface area (Å²) in [7, 11) is 1.78. The van der Waals surface area contributed by atoms with Crippen LogP contribution in [0.5, 0.6) is 0 Å². The van der Waals surface area contributed by atoms with E-state index in [9.17, 15) is 0 Å². The average Bonchev–Trinajstić information content (AvgIpc) is 3.10. The van der Waals surface area contributed by atoms with Crippen LogP contribution in [0, 0.1) is 0 Å². The summed E-state index contributed by atoms with van der Waals surface area (Å²) < 4.78 is 5.56. The Bertz CT molecular complexity index is 419. The van der Waals surface area contributed by atoms with Crippen LogP contribution in [0.3, 0.4) is 0 Å². The third kappa shape index (κ3) is 2.45. The quantitative estimate of drug-likeness (QED) is 0.868. The zero-order valence-electron chi connectivity index (χ0n) is 12.0. The van der Waals surface area contributed by atoms with Gasteiger partial charge in [-0.25, -0.2) is 0 Å². The zero-order valence-corrected chi connectivity index (χ0v) is 12.0. The van der Waals surface area contributed by atoms with Crippen LogP contribution in [0.1, 0.15) is 44.7 Å². The van der Waals surface area contributed by atoms with Crippen molar-refractivity contribution in [1.29, 1.82) is 0 Å². The van der Waals surface area contributed by atoms with E-state index < -0.39 is 0 Å². The van der Waals surface area contributed by atoms with Crippen molar-refractivity contribution in [3.63, 3.8) is 0 Å². The van der Waals surface area contributed by atoms with E-state index in [-0.39, 0.29) is 17.1 Å². The Labute approximate surface area is 111 Å². The molecule has 1 atom stereocenters. The second kappa shape index (κ2) is 4.67. The minimum atomic E-state index is -0.121. The fraction of sp³-hybridized carbons (Fsp3) is 0.625. The van der Waals surface area contributed by atoms with Crippen molar-refractivity contribution in [2.24, 2.45) is 5.73 Å². The molecule has 0 bridgehead atoms. The molecule has 2 nitrogen and oxygen atoms in total. The molecule has 2 rings (SSSR count). The Kier molecular flexibility index (Phi) is 3.52. The van der Waals surface area contributed by atoms with E-state index in [1.165, 1.54) is 24.0 Å². The first-order valence-corrected chi connectivity index (χ1v) is 6.80. The number of hydrogen-bond donors (Lipinski definition) is 1. The van der Waals surface area contributed by atoms with Crippen LogP contribution < -0.4 is 5.73 Å². The predicted octanol–water partition coefficient (Wildman–Crippen LogP) is 3.03. The van der Waals surface area contributed by atoms with Crippen molar-refractivity contribution in [3.05, 3.63) is 35.4 Å². The monoisotopic (exact) mass is 247 g/mol. The first-order chi connectivity index (χ1) is 8.41. The van der Waals surface area contributed by atoms with Gasteiger partial charge in [0.25, 0.3) is 0 Å². The number of methoxy groups -OCH3 is 1. The normalized spacial score (nSPS) is 19.6. The molecule has 1 fully saturated rings. The Balaban J connectivity index is 2.33. The summed E-state index contributed by atoms with van der Waals surface area (Å²) in [6.07, 6.45) is 3.37. The van der Waals surface area contributed by atoms with Gasteiger partial charge in [0.1, 0.15) is 0 Å². The van der Waals surface area contributed by atoms with E-state index in [0.29, 0.717) is 0 Å². The van der Waals surface area contributed by atoms with Gasteiger partial charge in [-0.05, 0) is 44.7 Å². The molecule has 1 aliphatic carbocycles. The Morgan fingerprint density at radius 3 is 2.44 bits per heavy atom. The van der Waals surface area contributed by atoms with E-state index in [1.807, 2.05) is 0 Å². The molecule has 0 saturated heterocycles. The highest BCUT2D eigenvalue weighted by atomic mass is 16.5. The molecule has 1 saturated carbocycles. The largest absolute Gasteiger partial charge is 0.378 e. The van der Waals surface area contributed by atoms with Gasteiger partial charge in [0.2, 0.25) is 0 Å². The molecule has 0 spiro atoms. The number of rotatable bonds is 5. The lowest BCUT2D eigenvalue weighted by atomic mass is 9.83. The zero-order chi connectivity index (χ0) is 13.4. The highest BCUT2D eigenvalue weighted by Gasteiger charge is 2.48. The predicted molar refractivity (Wildman–Crippen MR) is 75.8 cm³/mol. The summed E-state index contributed by atoms with van der Waals surface area (Å²) in [5.74, 6) is 0. The molecule has 0 radical (unpaired) electrons. The van der Waals surface area contributed by atoms with E-state index >= 15 is 0 Å². The molecule has 0 aliphatic heterocycles. The summed E-state index contributed by atoms with van der Waals surface area (Å²) >= 11 is 0. The maximum atomic E-state index is 6.20. The number of benzene rings is 1. The molecule has 2 heteroatoms. The van der Waals surface area contributed by atoms with Gasteiger partial charge in [0, 0.05) is 25.0 Å². The SMILES string of the molecule is COC(C)(C)Cc1ccccc1C1(C(C)N)CC1. The van der Waals surface area contributed by atoms with Crippen molar-refractivity contribution in [2.75, 3.05) is 7.11 Å². The van der Waals surface area contributed by atoms with Crippen molar-refractivity contribution >= 4 is 0 Å². The molecule has 18 heavy (non-hydrogen) atoms. The van der Waals surface area contributed by atoms with Gasteiger partial charge in [0.15, 0.2) is 0 Å². The fourth-order valence-electron chi connectivity index (χ4n) is 2.80. The van der Waals surface area contributed by atoms with Gasteiger partial charge < -0.3 is 10.5 Å². The lowest BCUT2D eigenvalue weighted by molar-refractivity contribution is 0.0229. The van der Waals surface area contributed by atoms with Crippen LogP contribution in [0.4, 0.5) is 0 Å². The van der Waals surface area contributed by atoms with Crippen LogP contribution in [-0.4, -0.2) is 18.8 Å². The summed E-state index contributed by atoms with van der Waals surface area (Å²) in [6, 6.07) is 8.93. The third-order valence-corrected chi connectivity index (χ3v) is 4.38. The minimum Gasteiger partial charge on any atom is -0.378 e. The molecule has 0 amide bonds. The molecule has 1 unspecified atom stereocenters. The molecule has 2 N–H and O–H groups in total. The first-order valence-electron chi connectivity index (χ1n) is 6.80. The summed E-state index contributed by atoms with van der Waals surface area (Å²) in [5, 5.41) is 0. The van der Waals surface area contributed by atoms with Crippen molar-refractivity contribution in [1.82, 2.24) is 0 Å². The number of ether oxygens (including phenoxy) is 1. The van der Waals surface area contributed by atoms with Crippen molar-refractivity contribution < 1.29 is 4.74 Å². The first kappa shape index (κ1) is 13.6. The van der Waals surface area contributed by atoms with E-state index in [0.717, 1.165) is 6.42 Å². The average molecular weight is 247 g/mol. The molecular formula is C16H25NO. The van der Waals surface area contributed by atoms with Gasteiger partial charge in [-0.2, -0.15) is 0 Å². The second-order valence-corrected chi connectivity index (χ2v) is 6.24. The van der Waals surface area contributed by atoms with Gasteiger partial charge >= 0.3 is 0 Å². The number of hydrogen-bond acceptors (Lipinski definition) is 2.